The van der Waals surface area contributed by atoms with Gasteiger partial charge in [0.05, 0.1) is 23.5 Å². The number of rotatable bonds is 8. The Morgan fingerprint density at radius 3 is 2.29 bits per heavy atom. The summed E-state index contributed by atoms with van der Waals surface area (Å²) < 4.78 is 119. The van der Waals surface area contributed by atoms with Gasteiger partial charge in [0.1, 0.15) is 11.9 Å². The average Bonchev–Trinajstić information content (AvgIpc) is 2.78. The van der Waals surface area contributed by atoms with Crippen LogP contribution in [0.3, 0.4) is 0 Å². The molecular weight excluding hydrogens is 544 g/mol. The predicted molar refractivity (Wildman–Crippen MR) is 122 cm³/mol. The molecule has 2 aromatic carbocycles. The third-order valence-corrected chi connectivity index (χ3v) is 7.48. The van der Waals surface area contributed by atoms with Crippen molar-refractivity contribution in [1.29, 1.82) is 0 Å². The van der Waals surface area contributed by atoms with E-state index < -0.39 is 80.6 Å². The van der Waals surface area contributed by atoms with Crippen LogP contribution in [0.1, 0.15) is 39.2 Å². The number of esters is 1. The molecule has 2 aromatic rings. The molecule has 0 N–H and O–H groups in total. The fraction of sp³-hybridized carbons (Fsp3) is 0.417. The van der Waals surface area contributed by atoms with Crippen LogP contribution < -0.4 is 9.04 Å². The first kappa shape index (κ1) is 29.3. The van der Waals surface area contributed by atoms with Crippen molar-refractivity contribution in [1.82, 2.24) is 0 Å². The Labute approximate surface area is 214 Å². The number of Topliss-reactive ketones (excluding diaryl/α,β-unsaturated/α-hetero) is 1. The van der Waals surface area contributed by atoms with E-state index in [9.17, 15) is 40.0 Å². The van der Waals surface area contributed by atoms with E-state index in [-0.39, 0.29) is 24.2 Å². The summed E-state index contributed by atoms with van der Waals surface area (Å²) in [5.41, 5.74) is -3.50. The second-order valence-corrected chi connectivity index (χ2v) is 11.0. The standard InChI is InChI=1S/C24H23F6NO6S/c1-13(32)4-5-15-12-31(38(34,35)16-6-7-17(25)18(26)11-16)20-9-14(8-19(27)22(20)36-15)10-21(33)37-23(2,3)24(28,29)30/h6-9,11,15H,4-5,10,12H2,1-3H3/t15-/m0/s1. The Morgan fingerprint density at radius 1 is 1.05 bits per heavy atom. The van der Waals surface area contributed by atoms with Gasteiger partial charge in [0.2, 0.25) is 5.60 Å². The van der Waals surface area contributed by atoms with Crippen LogP contribution >= 0.6 is 0 Å². The lowest BCUT2D eigenvalue weighted by Crippen LogP contribution is -2.44. The maximum Gasteiger partial charge on any atom is 0.427 e. The first-order chi connectivity index (χ1) is 17.4. The Kier molecular flexibility index (Phi) is 8.06. The van der Waals surface area contributed by atoms with Crippen LogP contribution in [0.25, 0.3) is 0 Å². The zero-order valence-corrected chi connectivity index (χ0v) is 21.2. The average molecular weight is 568 g/mol. The van der Waals surface area contributed by atoms with Crippen molar-refractivity contribution in [3.05, 3.63) is 53.3 Å². The molecule has 1 aliphatic heterocycles. The van der Waals surface area contributed by atoms with Crippen LogP contribution in [0.4, 0.5) is 32.0 Å². The van der Waals surface area contributed by atoms with Crippen LogP contribution in [0.2, 0.25) is 0 Å². The van der Waals surface area contributed by atoms with Gasteiger partial charge in [-0.3, -0.25) is 9.10 Å². The summed E-state index contributed by atoms with van der Waals surface area (Å²) in [6.07, 6.45) is -6.78. The van der Waals surface area contributed by atoms with Gasteiger partial charge in [0.15, 0.2) is 23.2 Å². The van der Waals surface area contributed by atoms with E-state index in [0.717, 1.165) is 18.2 Å². The Balaban J connectivity index is 2.04. The molecule has 1 heterocycles. The van der Waals surface area contributed by atoms with Crippen molar-refractivity contribution in [2.75, 3.05) is 10.8 Å². The number of hydrogen-bond donors (Lipinski definition) is 0. The molecule has 0 fully saturated rings. The highest BCUT2D eigenvalue weighted by atomic mass is 32.2. The van der Waals surface area contributed by atoms with Crippen LogP contribution in [0.5, 0.6) is 5.75 Å². The fourth-order valence-electron chi connectivity index (χ4n) is 3.58. The van der Waals surface area contributed by atoms with Gasteiger partial charge in [-0.15, -0.1) is 0 Å². The van der Waals surface area contributed by atoms with Gasteiger partial charge in [-0.2, -0.15) is 13.2 Å². The number of nitrogens with zero attached hydrogens (tertiary/aromatic N) is 1. The second kappa shape index (κ2) is 10.5. The summed E-state index contributed by atoms with van der Waals surface area (Å²) in [7, 11) is -4.67. The second-order valence-electron chi connectivity index (χ2n) is 9.18. The van der Waals surface area contributed by atoms with Crippen molar-refractivity contribution < 1.29 is 53.8 Å². The maximum atomic E-state index is 15.1. The minimum atomic E-state index is -4.89. The molecule has 0 bridgehead atoms. The summed E-state index contributed by atoms with van der Waals surface area (Å²) in [4.78, 5) is 23.0. The summed E-state index contributed by atoms with van der Waals surface area (Å²) in [5.74, 6) is -6.08. The third kappa shape index (κ3) is 6.22. The van der Waals surface area contributed by atoms with Crippen molar-refractivity contribution in [2.45, 2.75) is 62.8 Å². The van der Waals surface area contributed by atoms with Gasteiger partial charge in [-0.05, 0) is 63.1 Å². The summed E-state index contributed by atoms with van der Waals surface area (Å²) in [5, 5.41) is 0. The number of hydrogen-bond acceptors (Lipinski definition) is 6. The first-order valence-electron chi connectivity index (χ1n) is 11.2. The number of carbonyl (C=O) groups excluding carboxylic acids is 2. The molecule has 0 radical (unpaired) electrons. The molecule has 7 nitrogen and oxygen atoms in total. The van der Waals surface area contributed by atoms with Crippen molar-refractivity contribution in [3.63, 3.8) is 0 Å². The molecule has 0 aromatic heterocycles. The molecule has 38 heavy (non-hydrogen) atoms. The minimum absolute atomic E-state index is 0.00137. The molecule has 1 atom stereocenters. The molecule has 0 saturated heterocycles. The van der Waals surface area contributed by atoms with Gasteiger partial charge in [-0.1, -0.05) is 0 Å². The Bertz CT molecular complexity index is 1360. The van der Waals surface area contributed by atoms with Crippen molar-refractivity contribution in [3.8, 4) is 5.75 Å². The van der Waals surface area contributed by atoms with Crippen LogP contribution in [-0.4, -0.2) is 44.6 Å². The normalized spacial score (nSPS) is 16.0. The zero-order valence-electron chi connectivity index (χ0n) is 20.4. The third-order valence-electron chi connectivity index (χ3n) is 5.70. The smallest absolute Gasteiger partial charge is 0.427 e. The van der Waals surface area contributed by atoms with E-state index in [1.165, 1.54) is 6.92 Å². The summed E-state index contributed by atoms with van der Waals surface area (Å²) >= 11 is 0. The summed E-state index contributed by atoms with van der Waals surface area (Å²) in [6, 6.07) is 3.60. The molecule has 1 aliphatic rings. The lowest BCUT2D eigenvalue weighted by atomic mass is 10.1. The highest BCUT2D eigenvalue weighted by Crippen LogP contribution is 2.41. The number of fused-ring (bicyclic) bond motifs is 1. The molecule has 3 rings (SSSR count). The van der Waals surface area contributed by atoms with E-state index in [4.69, 9.17) is 4.74 Å². The monoisotopic (exact) mass is 567 g/mol. The number of benzene rings is 2. The van der Waals surface area contributed by atoms with E-state index >= 15 is 4.39 Å². The van der Waals surface area contributed by atoms with Gasteiger partial charge >= 0.3 is 12.1 Å². The molecule has 0 spiro atoms. The van der Waals surface area contributed by atoms with E-state index in [0.29, 0.717) is 30.3 Å². The minimum Gasteiger partial charge on any atom is -0.483 e. The Morgan fingerprint density at radius 2 is 1.71 bits per heavy atom. The molecular formula is C24H23F6NO6S. The number of sulfonamides is 1. The molecule has 14 heteroatoms. The molecule has 0 amide bonds. The molecule has 0 aliphatic carbocycles. The molecule has 208 valence electrons. The predicted octanol–water partition coefficient (Wildman–Crippen LogP) is 4.86. The first-order valence-corrected chi connectivity index (χ1v) is 12.6. The number of ether oxygens (including phenoxy) is 2. The van der Waals surface area contributed by atoms with Crippen molar-refractivity contribution >= 4 is 27.5 Å². The molecule has 0 unspecified atom stereocenters. The van der Waals surface area contributed by atoms with Gasteiger partial charge in [0.25, 0.3) is 10.0 Å². The van der Waals surface area contributed by atoms with E-state index in [1.807, 2.05) is 0 Å². The van der Waals surface area contributed by atoms with Crippen LogP contribution in [0, 0.1) is 17.5 Å². The lowest BCUT2D eigenvalue weighted by Gasteiger charge is -2.36. The SMILES string of the molecule is CC(=O)CC[C@H]1CN(S(=O)(=O)c2ccc(F)c(F)c2)c2cc(CC(=O)OC(C)(C)C(F)(F)F)cc(F)c2O1. The van der Waals surface area contributed by atoms with Gasteiger partial charge in [-0.25, -0.2) is 21.6 Å². The van der Waals surface area contributed by atoms with Crippen LogP contribution in [0.15, 0.2) is 35.2 Å². The van der Waals surface area contributed by atoms with Crippen molar-refractivity contribution in [2.24, 2.45) is 0 Å². The zero-order chi connectivity index (χ0) is 28.6. The number of halogens is 6. The van der Waals surface area contributed by atoms with Gasteiger partial charge in [0, 0.05) is 6.42 Å². The quantitative estimate of drug-likeness (QED) is 0.335. The maximum absolute atomic E-state index is 15.1. The van der Waals surface area contributed by atoms with Crippen LogP contribution in [-0.2, 0) is 30.8 Å². The Hall–Kier alpha value is -3.29. The van der Waals surface area contributed by atoms with Gasteiger partial charge < -0.3 is 14.3 Å². The fourth-order valence-corrected chi connectivity index (χ4v) is 5.08. The highest BCUT2D eigenvalue weighted by Gasteiger charge is 2.50. The number of ketones is 1. The largest absolute Gasteiger partial charge is 0.483 e. The number of carbonyl (C=O) groups is 2. The lowest BCUT2D eigenvalue weighted by molar-refractivity contribution is -0.257. The summed E-state index contributed by atoms with van der Waals surface area (Å²) in [6.45, 7) is 2.08. The van der Waals surface area contributed by atoms with E-state index in [2.05, 4.69) is 4.74 Å². The number of anilines is 1. The van der Waals surface area contributed by atoms with E-state index in [1.54, 1.807) is 0 Å². The molecule has 0 saturated carbocycles. The number of alkyl halides is 3. The highest BCUT2D eigenvalue weighted by molar-refractivity contribution is 7.92. The topological polar surface area (TPSA) is 90.0 Å².